The molecule has 1 saturated heterocycles. The predicted molar refractivity (Wildman–Crippen MR) is 62.9 cm³/mol. The number of nitrogens with two attached hydrogens (primary N) is 1. The summed E-state index contributed by atoms with van der Waals surface area (Å²) in [5, 5.41) is 21.1. The number of ether oxygens (including phenoxy) is 1. The van der Waals surface area contributed by atoms with Gasteiger partial charge in [-0.2, -0.15) is 0 Å². The van der Waals surface area contributed by atoms with Gasteiger partial charge in [0.25, 0.3) is 0 Å². The lowest BCUT2D eigenvalue weighted by Crippen LogP contribution is -2.50. The zero-order valence-corrected chi connectivity index (χ0v) is 10.2. The lowest BCUT2D eigenvalue weighted by atomic mass is 9.94. The lowest BCUT2D eigenvalue weighted by Gasteiger charge is -2.32. The topological polar surface area (TPSA) is 122 Å². The maximum Gasteiger partial charge on any atom is 0.303 e. The molecule has 1 rings (SSSR count). The number of carbonyl (C=O) groups excluding carboxylic acids is 1. The van der Waals surface area contributed by atoms with E-state index in [0.29, 0.717) is 26.1 Å². The molecule has 1 atom stereocenters. The van der Waals surface area contributed by atoms with Crippen molar-refractivity contribution in [2.24, 2.45) is 5.73 Å². The van der Waals surface area contributed by atoms with Gasteiger partial charge in [-0.3, -0.25) is 9.59 Å². The van der Waals surface area contributed by atoms with Crippen LogP contribution in [-0.2, 0) is 14.3 Å². The van der Waals surface area contributed by atoms with Gasteiger partial charge in [0, 0.05) is 39.0 Å². The smallest absolute Gasteiger partial charge is 0.303 e. The molecule has 1 heterocycles. The second-order valence-corrected chi connectivity index (χ2v) is 4.59. The van der Waals surface area contributed by atoms with Gasteiger partial charge >= 0.3 is 5.97 Å². The molecule has 0 aromatic heterocycles. The van der Waals surface area contributed by atoms with Crippen molar-refractivity contribution in [3.05, 3.63) is 0 Å². The Bertz CT molecular complexity index is 302. The zero-order chi connectivity index (χ0) is 13.6. The van der Waals surface area contributed by atoms with E-state index in [2.05, 4.69) is 5.32 Å². The summed E-state index contributed by atoms with van der Waals surface area (Å²) in [5.74, 6) is -1.42. The van der Waals surface area contributed by atoms with Crippen molar-refractivity contribution >= 4 is 11.9 Å². The van der Waals surface area contributed by atoms with Gasteiger partial charge in [-0.05, 0) is 6.42 Å². The minimum atomic E-state index is -0.985. The summed E-state index contributed by atoms with van der Waals surface area (Å²) in [6, 6.07) is -0.857. The van der Waals surface area contributed by atoms with Crippen LogP contribution in [0, 0.1) is 0 Å². The molecule has 0 radical (unpaired) electrons. The fourth-order valence-electron chi connectivity index (χ4n) is 1.72. The van der Waals surface area contributed by atoms with E-state index in [4.69, 9.17) is 15.6 Å². The molecule has 0 aromatic carbocycles. The second-order valence-electron chi connectivity index (χ2n) is 4.59. The number of carboxylic acid groups (broad SMARTS) is 1. The van der Waals surface area contributed by atoms with E-state index < -0.39 is 23.5 Å². The first-order valence-corrected chi connectivity index (χ1v) is 5.98. The number of nitrogens with one attached hydrogen (secondary N) is 1. The van der Waals surface area contributed by atoms with Crippen LogP contribution in [0.25, 0.3) is 0 Å². The van der Waals surface area contributed by atoms with Crippen molar-refractivity contribution in [3.8, 4) is 0 Å². The van der Waals surface area contributed by atoms with Crippen LogP contribution in [-0.4, -0.2) is 53.5 Å². The Balaban J connectivity index is 2.28. The second kappa shape index (κ2) is 6.67. The maximum atomic E-state index is 11.6. The number of aliphatic hydroxyl groups is 1. The summed E-state index contributed by atoms with van der Waals surface area (Å²) < 4.78 is 5.12. The molecule has 1 fully saturated rings. The fourth-order valence-corrected chi connectivity index (χ4v) is 1.72. The third kappa shape index (κ3) is 4.99. The van der Waals surface area contributed by atoms with Gasteiger partial charge in [0.1, 0.15) is 0 Å². The summed E-state index contributed by atoms with van der Waals surface area (Å²) in [6.07, 6.45) is 0.880. The summed E-state index contributed by atoms with van der Waals surface area (Å²) in [6.45, 7) is 1.06. The first-order chi connectivity index (χ1) is 8.43. The number of aliphatic carboxylic acids is 1. The van der Waals surface area contributed by atoms with Gasteiger partial charge in [-0.25, -0.2) is 0 Å². The van der Waals surface area contributed by atoms with Gasteiger partial charge in [0.05, 0.1) is 11.6 Å². The molecule has 1 aliphatic heterocycles. The molecular formula is C11H20N2O5. The molecular weight excluding hydrogens is 240 g/mol. The number of carboxylic acids is 1. The normalized spacial score (nSPS) is 20.1. The molecule has 0 spiro atoms. The quantitative estimate of drug-likeness (QED) is 0.477. The molecule has 0 bridgehead atoms. The monoisotopic (exact) mass is 260 g/mol. The first kappa shape index (κ1) is 14.9. The highest BCUT2D eigenvalue weighted by atomic mass is 16.5. The van der Waals surface area contributed by atoms with E-state index in [9.17, 15) is 14.7 Å². The molecule has 0 aromatic rings. The van der Waals surface area contributed by atoms with Crippen molar-refractivity contribution < 1.29 is 24.5 Å². The summed E-state index contributed by atoms with van der Waals surface area (Å²) in [7, 11) is 0. The molecule has 1 aliphatic rings. The van der Waals surface area contributed by atoms with Gasteiger partial charge in [-0.1, -0.05) is 0 Å². The molecule has 5 N–H and O–H groups in total. The van der Waals surface area contributed by atoms with Crippen LogP contribution in [0.1, 0.15) is 25.7 Å². The van der Waals surface area contributed by atoms with Crippen molar-refractivity contribution in [3.63, 3.8) is 0 Å². The standard InChI is InChI=1S/C11H20N2O5/c12-8(1-2-9(14)15)10(16)13-7-11(17)3-5-18-6-4-11/h8,17H,1-7,12H2,(H,13,16)(H,14,15). The highest BCUT2D eigenvalue weighted by Gasteiger charge is 2.30. The van der Waals surface area contributed by atoms with Gasteiger partial charge in [0.2, 0.25) is 5.91 Å². The average Bonchev–Trinajstić information content (AvgIpc) is 2.34. The number of hydrogen-bond donors (Lipinski definition) is 4. The van der Waals surface area contributed by atoms with Crippen LogP contribution in [0.3, 0.4) is 0 Å². The number of rotatable bonds is 6. The van der Waals surface area contributed by atoms with Crippen molar-refractivity contribution in [1.82, 2.24) is 5.32 Å². The van der Waals surface area contributed by atoms with Crippen molar-refractivity contribution in [2.75, 3.05) is 19.8 Å². The van der Waals surface area contributed by atoms with Crippen LogP contribution in [0.4, 0.5) is 0 Å². The van der Waals surface area contributed by atoms with Crippen molar-refractivity contribution in [2.45, 2.75) is 37.3 Å². The maximum absolute atomic E-state index is 11.6. The molecule has 0 aliphatic carbocycles. The van der Waals surface area contributed by atoms with Gasteiger partial charge in [0.15, 0.2) is 0 Å². The summed E-state index contributed by atoms with van der Waals surface area (Å²) in [4.78, 5) is 21.9. The Kier molecular flexibility index (Phi) is 5.52. The van der Waals surface area contributed by atoms with Gasteiger partial charge in [-0.15, -0.1) is 0 Å². The van der Waals surface area contributed by atoms with Crippen LogP contribution in [0.15, 0.2) is 0 Å². The fraction of sp³-hybridized carbons (Fsp3) is 0.818. The molecule has 104 valence electrons. The van der Waals surface area contributed by atoms with E-state index in [-0.39, 0.29) is 19.4 Å². The Labute approximate surface area is 105 Å². The first-order valence-electron chi connectivity index (χ1n) is 5.98. The van der Waals surface area contributed by atoms with Crippen LogP contribution in [0.5, 0.6) is 0 Å². The Morgan fingerprint density at radius 1 is 1.39 bits per heavy atom. The molecule has 0 saturated carbocycles. The van der Waals surface area contributed by atoms with E-state index >= 15 is 0 Å². The predicted octanol–water partition coefficient (Wildman–Crippen LogP) is -1.16. The van der Waals surface area contributed by atoms with E-state index in [1.807, 2.05) is 0 Å². The van der Waals surface area contributed by atoms with E-state index in [1.54, 1.807) is 0 Å². The molecule has 18 heavy (non-hydrogen) atoms. The third-order valence-electron chi connectivity index (χ3n) is 3.02. The molecule has 7 heteroatoms. The molecule has 1 unspecified atom stereocenters. The Hall–Kier alpha value is -1.18. The van der Waals surface area contributed by atoms with E-state index in [1.165, 1.54) is 0 Å². The number of amides is 1. The highest BCUT2D eigenvalue weighted by Crippen LogP contribution is 2.19. The molecule has 1 amide bonds. The number of carbonyl (C=O) groups is 2. The van der Waals surface area contributed by atoms with E-state index in [0.717, 1.165) is 0 Å². The summed E-state index contributed by atoms with van der Waals surface area (Å²) >= 11 is 0. The SMILES string of the molecule is NC(CCC(=O)O)C(=O)NCC1(O)CCOCC1. The zero-order valence-electron chi connectivity index (χ0n) is 10.2. The number of hydrogen-bond acceptors (Lipinski definition) is 5. The average molecular weight is 260 g/mol. The summed E-state index contributed by atoms with van der Waals surface area (Å²) in [5.41, 5.74) is 4.60. The molecule has 7 nitrogen and oxygen atoms in total. The highest BCUT2D eigenvalue weighted by molar-refractivity contribution is 5.82. The lowest BCUT2D eigenvalue weighted by molar-refractivity contribution is -0.137. The minimum absolute atomic E-state index is 0.0860. The van der Waals surface area contributed by atoms with Crippen molar-refractivity contribution in [1.29, 1.82) is 0 Å². The van der Waals surface area contributed by atoms with Crippen LogP contribution in [0.2, 0.25) is 0 Å². The largest absolute Gasteiger partial charge is 0.481 e. The third-order valence-corrected chi connectivity index (χ3v) is 3.02. The minimum Gasteiger partial charge on any atom is -0.481 e. The Morgan fingerprint density at radius 3 is 2.56 bits per heavy atom. The Morgan fingerprint density at radius 2 is 2.00 bits per heavy atom. The van der Waals surface area contributed by atoms with Crippen LogP contribution >= 0.6 is 0 Å². The van der Waals surface area contributed by atoms with Gasteiger partial charge < -0.3 is 26.0 Å². The van der Waals surface area contributed by atoms with Crippen LogP contribution < -0.4 is 11.1 Å².